The number of carbonyl (C=O) groups excluding carboxylic acids is 2. The lowest BCUT2D eigenvalue weighted by Crippen LogP contribution is -2.49. The first kappa shape index (κ1) is 20.2. The van der Waals surface area contributed by atoms with Crippen molar-refractivity contribution in [3.8, 4) is 0 Å². The molecule has 2 aromatic rings. The molecule has 1 aliphatic heterocycles. The van der Waals surface area contributed by atoms with Crippen molar-refractivity contribution in [2.45, 2.75) is 26.2 Å². The van der Waals surface area contributed by atoms with Gasteiger partial charge in [0.05, 0.1) is 0 Å². The van der Waals surface area contributed by atoms with Gasteiger partial charge in [-0.2, -0.15) is 0 Å². The number of benzene rings is 2. The lowest BCUT2D eigenvalue weighted by molar-refractivity contribution is -0.132. The Bertz CT molecular complexity index is 794. The summed E-state index contributed by atoms with van der Waals surface area (Å²) in [7, 11) is 0. The van der Waals surface area contributed by atoms with Gasteiger partial charge in [0.2, 0.25) is 5.91 Å². The van der Waals surface area contributed by atoms with Crippen LogP contribution in [-0.4, -0.2) is 54.2 Å². The molecule has 5 heteroatoms. The fourth-order valence-electron chi connectivity index (χ4n) is 3.42. The van der Waals surface area contributed by atoms with E-state index in [9.17, 15) is 14.0 Å². The minimum absolute atomic E-state index is 0.0197. The Morgan fingerprint density at radius 1 is 0.893 bits per heavy atom. The van der Waals surface area contributed by atoms with Crippen LogP contribution in [0.3, 0.4) is 0 Å². The van der Waals surface area contributed by atoms with Crippen LogP contribution in [0.25, 0.3) is 0 Å². The van der Waals surface area contributed by atoms with E-state index in [-0.39, 0.29) is 30.3 Å². The maximum absolute atomic E-state index is 13.0. The van der Waals surface area contributed by atoms with Crippen LogP contribution < -0.4 is 0 Å². The van der Waals surface area contributed by atoms with E-state index in [0.29, 0.717) is 18.7 Å². The highest BCUT2D eigenvalue weighted by atomic mass is 19.1. The van der Waals surface area contributed by atoms with Gasteiger partial charge in [0, 0.05) is 51.1 Å². The third-order valence-electron chi connectivity index (χ3n) is 5.29. The molecule has 0 atom stereocenters. The molecule has 0 aromatic heterocycles. The van der Waals surface area contributed by atoms with E-state index in [4.69, 9.17) is 0 Å². The summed E-state index contributed by atoms with van der Waals surface area (Å²) in [6.45, 7) is 5.94. The van der Waals surface area contributed by atoms with Crippen molar-refractivity contribution >= 4 is 11.7 Å². The molecule has 1 fully saturated rings. The van der Waals surface area contributed by atoms with E-state index in [1.54, 1.807) is 0 Å². The van der Waals surface area contributed by atoms with Crippen LogP contribution in [0.1, 0.15) is 34.3 Å². The van der Waals surface area contributed by atoms with Gasteiger partial charge >= 0.3 is 0 Å². The number of hydrogen-bond acceptors (Lipinski definition) is 3. The molecule has 3 rings (SSSR count). The second kappa shape index (κ2) is 9.60. The van der Waals surface area contributed by atoms with Gasteiger partial charge in [0.15, 0.2) is 5.78 Å². The van der Waals surface area contributed by atoms with Gasteiger partial charge in [-0.3, -0.25) is 14.5 Å². The Morgan fingerprint density at radius 2 is 1.54 bits per heavy atom. The zero-order valence-electron chi connectivity index (χ0n) is 16.4. The summed E-state index contributed by atoms with van der Waals surface area (Å²) in [5.74, 6) is -0.137. The number of Topliss-reactive ketones (excluding diaryl/α,β-unsaturated/α-hetero) is 1. The zero-order chi connectivity index (χ0) is 19.9. The first-order chi connectivity index (χ1) is 13.5. The number of halogens is 1. The van der Waals surface area contributed by atoms with Crippen LogP contribution in [0, 0.1) is 12.7 Å². The molecule has 0 spiro atoms. The van der Waals surface area contributed by atoms with Gasteiger partial charge in [-0.25, -0.2) is 4.39 Å². The van der Waals surface area contributed by atoms with Crippen molar-refractivity contribution in [2.24, 2.45) is 0 Å². The smallest absolute Gasteiger partial charge is 0.223 e. The molecular formula is C23H27FN2O2. The van der Waals surface area contributed by atoms with Gasteiger partial charge in [-0.15, -0.1) is 0 Å². The van der Waals surface area contributed by atoms with E-state index in [2.05, 4.69) is 4.90 Å². The molecule has 0 aliphatic carbocycles. The normalized spacial score (nSPS) is 14.9. The number of amides is 1. The first-order valence-electron chi connectivity index (χ1n) is 9.86. The lowest BCUT2D eigenvalue weighted by atomic mass is 10.0. The van der Waals surface area contributed by atoms with Crippen LogP contribution in [0.5, 0.6) is 0 Å². The molecule has 2 aromatic carbocycles. The number of nitrogens with zero attached hydrogens (tertiary/aromatic N) is 2. The molecule has 0 bridgehead atoms. The highest BCUT2D eigenvalue weighted by Crippen LogP contribution is 2.11. The number of rotatable bonds is 7. The Kier molecular flexibility index (Phi) is 6.93. The molecule has 0 saturated carbocycles. The molecule has 1 saturated heterocycles. The van der Waals surface area contributed by atoms with Crippen molar-refractivity contribution in [2.75, 3.05) is 32.7 Å². The Labute approximate surface area is 166 Å². The second-order valence-electron chi connectivity index (χ2n) is 7.39. The summed E-state index contributed by atoms with van der Waals surface area (Å²) in [6.07, 6.45) is 1.40. The molecule has 4 nitrogen and oxygen atoms in total. The maximum Gasteiger partial charge on any atom is 0.223 e. The summed E-state index contributed by atoms with van der Waals surface area (Å²) in [4.78, 5) is 28.8. The molecule has 28 heavy (non-hydrogen) atoms. The minimum atomic E-state index is -0.211. The van der Waals surface area contributed by atoms with Crippen molar-refractivity contribution in [1.82, 2.24) is 9.80 Å². The summed E-state index contributed by atoms with van der Waals surface area (Å²) >= 11 is 0. The van der Waals surface area contributed by atoms with Gasteiger partial charge in [-0.1, -0.05) is 42.0 Å². The largest absolute Gasteiger partial charge is 0.340 e. The third-order valence-corrected chi connectivity index (χ3v) is 5.29. The van der Waals surface area contributed by atoms with E-state index in [1.807, 2.05) is 48.2 Å². The number of carbonyl (C=O) groups is 2. The average molecular weight is 382 g/mol. The predicted octanol–water partition coefficient (Wildman–Crippen LogP) is 3.48. The van der Waals surface area contributed by atoms with Gasteiger partial charge in [0.1, 0.15) is 5.82 Å². The van der Waals surface area contributed by atoms with Crippen molar-refractivity contribution in [1.29, 1.82) is 0 Å². The van der Waals surface area contributed by atoms with Crippen molar-refractivity contribution < 1.29 is 14.0 Å². The van der Waals surface area contributed by atoms with Gasteiger partial charge in [0.25, 0.3) is 0 Å². The van der Waals surface area contributed by atoms with Crippen LogP contribution in [0.4, 0.5) is 4.39 Å². The molecule has 1 amide bonds. The summed E-state index contributed by atoms with van der Waals surface area (Å²) in [5, 5.41) is 0. The summed E-state index contributed by atoms with van der Waals surface area (Å²) in [5.41, 5.74) is 2.91. The number of aryl methyl sites for hydroxylation is 1. The Hall–Kier alpha value is -2.53. The first-order valence-corrected chi connectivity index (χ1v) is 9.86. The van der Waals surface area contributed by atoms with E-state index in [0.717, 1.165) is 37.2 Å². The number of hydrogen-bond donors (Lipinski definition) is 0. The van der Waals surface area contributed by atoms with Gasteiger partial charge in [-0.05, 0) is 31.0 Å². The molecule has 0 radical (unpaired) electrons. The fourth-order valence-corrected chi connectivity index (χ4v) is 3.42. The van der Waals surface area contributed by atoms with Crippen LogP contribution in [0.15, 0.2) is 48.5 Å². The second-order valence-corrected chi connectivity index (χ2v) is 7.39. The lowest BCUT2D eigenvalue weighted by Gasteiger charge is -2.34. The summed E-state index contributed by atoms with van der Waals surface area (Å²) < 4.78 is 13.0. The minimum Gasteiger partial charge on any atom is -0.340 e. The average Bonchev–Trinajstić information content (AvgIpc) is 2.72. The van der Waals surface area contributed by atoms with E-state index < -0.39 is 0 Å². The van der Waals surface area contributed by atoms with E-state index in [1.165, 1.54) is 12.1 Å². The number of piperazine rings is 1. The molecule has 0 N–H and O–H groups in total. The molecular weight excluding hydrogens is 355 g/mol. The Morgan fingerprint density at radius 3 is 2.18 bits per heavy atom. The van der Waals surface area contributed by atoms with Crippen LogP contribution in [0.2, 0.25) is 0 Å². The zero-order valence-corrected chi connectivity index (χ0v) is 16.4. The highest BCUT2D eigenvalue weighted by Gasteiger charge is 2.21. The van der Waals surface area contributed by atoms with E-state index >= 15 is 0 Å². The van der Waals surface area contributed by atoms with Gasteiger partial charge < -0.3 is 4.90 Å². The van der Waals surface area contributed by atoms with Crippen molar-refractivity contribution in [3.05, 3.63) is 71.0 Å². The molecule has 1 heterocycles. The maximum atomic E-state index is 13.0. The third kappa shape index (κ3) is 5.73. The fraction of sp³-hybridized carbons (Fsp3) is 0.391. The SMILES string of the molecule is Cc1ccc(C(=O)CCC(=O)N2CCN(CCc3ccc(F)cc3)CC2)cc1. The molecule has 0 unspecified atom stereocenters. The highest BCUT2D eigenvalue weighted by molar-refractivity contribution is 5.97. The number of ketones is 1. The topological polar surface area (TPSA) is 40.6 Å². The van der Waals surface area contributed by atoms with Crippen LogP contribution in [-0.2, 0) is 11.2 Å². The predicted molar refractivity (Wildman–Crippen MR) is 108 cm³/mol. The standard InChI is InChI=1S/C23H27FN2O2/c1-18-2-6-20(7-3-18)22(27)10-11-23(28)26-16-14-25(15-17-26)13-12-19-4-8-21(24)9-5-19/h2-9H,10-17H2,1H3. The summed E-state index contributed by atoms with van der Waals surface area (Å²) in [6, 6.07) is 14.1. The Balaban J connectivity index is 1.38. The molecule has 148 valence electrons. The monoisotopic (exact) mass is 382 g/mol. The molecule has 1 aliphatic rings. The quantitative estimate of drug-likeness (QED) is 0.689. The van der Waals surface area contributed by atoms with Crippen molar-refractivity contribution in [3.63, 3.8) is 0 Å². The van der Waals surface area contributed by atoms with Crippen LogP contribution >= 0.6 is 0 Å².